The van der Waals surface area contributed by atoms with E-state index >= 15 is 0 Å². The number of aryl methyl sites for hydroxylation is 1. The van der Waals surface area contributed by atoms with Crippen LogP contribution >= 0.6 is 11.6 Å². The highest BCUT2D eigenvalue weighted by atomic mass is 35.5. The molecule has 0 aliphatic carbocycles. The number of hydrogen-bond acceptors (Lipinski definition) is 2. The summed E-state index contributed by atoms with van der Waals surface area (Å²) in [6.45, 7) is 7.49. The third-order valence-corrected chi connectivity index (χ3v) is 3.94. The average molecular weight is 284 g/mol. The first-order valence-corrected chi connectivity index (χ1v) is 7.42. The molecule has 19 heavy (non-hydrogen) atoms. The Morgan fingerprint density at radius 1 is 1.58 bits per heavy atom. The van der Waals surface area contributed by atoms with Gasteiger partial charge in [-0.05, 0) is 39.3 Å². The second-order valence-corrected chi connectivity index (χ2v) is 5.36. The van der Waals surface area contributed by atoms with Crippen molar-refractivity contribution in [3.63, 3.8) is 0 Å². The minimum atomic E-state index is 0.0879. The van der Waals surface area contributed by atoms with Crippen LogP contribution in [0.15, 0.2) is 12.3 Å². The van der Waals surface area contributed by atoms with Crippen LogP contribution in [0.2, 0.25) is 5.02 Å². The highest BCUT2D eigenvalue weighted by molar-refractivity contribution is 6.31. The van der Waals surface area contributed by atoms with Crippen LogP contribution in [-0.4, -0.2) is 41.1 Å². The maximum absolute atomic E-state index is 12.7. The van der Waals surface area contributed by atoms with E-state index in [1.165, 1.54) is 0 Å². The highest BCUT2D eigenvalue weighted by Gasteiger charge is 2.26. The van der Waals surface area contributed by atoms with E-state index in [1.54, 1.807) is 6.07 Å². The van der Waals surface area contributed by atoms with Gasteiger partial charge in [0.15, 0.2) is 0 Å². The molecule has 1 N–H and O–H groups in total. The molecule has 1 aliphatic heterocycles. The van der Waals surface area contributed by atoms with E-state index in [1.807, 2.05) is 29.5 Å². The molecule has 0 radical (unpaired) electrons. The molecule has 1 aliphatic rings. The molecule has 5 heteroatoms. The van der Waals surface area contributed by atoms with Gasteiger partial charge in [-0.3, -0.25) is 4.79 Å². The Balaban J connectivity index is 2.19. The van der Waals surface area contributed by atoms with Gasteiger partial charge < -0.3 is 14.8 Å². The van der Waals surface area contributed by atoms with Crippen LogP contribution in [0.25, 0.3) is 0 Å². The fourth-order valence-corrected chi connectivity index (χ4v) is 2.95. The van der Waals surface area contributed by atoms with Crippen LogP contribution in [-0.2, 0) is 6.54 Å². The third-order valence-electron chi connectivity index (χ3n) is 3.74. The van der Waals surface area contributed by atoms with Crippen molar-refractivity contribution in [1.82, 2.24) is 14.8 Å². The molecule has 1 aromatic heterocycles. The summed E-state index contributed by atoms with van der Waals surface area (Å²) < 4.78 is 1.92. The summed E-state index contributed by atoms with van der Waals surface area (Å²) in [5.74, 6) is 0.0879. The smallest absolute Gasteiger partial charge is 0.270 e. The number of likely N-dealkylation sites (N-methyl/N-ethyl adjacent to an activating group) is 1. The topological polar surface area (TPSA) is 37.3 Å². The zero-order valence-corrected chi connectivity index (χ0v) is 12.4. The molecule has 0 bridgehead atoms. The predicted molar refractivity (Wildman–Crippen MR) is 77.7 cm³/mol. The predicted octanol–water partition coefficient (Wildman–Crippen LogP) is 2.38. The van der Waals surface area contributed by atoms with E-state index in [0.717, 1.165) is 39.0 Å². The number of aromatic nitrogens is 1. The number of carbonyl (C=O) groups is 1. The first kappa shape index (κ1) is 14.4. The normalized spacial score (nSPS) is 19.4. The van der Waals surface area contributed by atoms with Crippen LogP contribution in [0.3, 0.4) is 0 Å². The van der Waals surface area contributed by atoms with E-state index in [0.29, 0.717) is 16.8 Å². The Bertz CT molecular complexity index is 438. The van der Waals surface area contributed by atoms with E-state index in [-0.39, 0.29) is 5.91 Å². The molecule has 1 atom stereocenters. The van der Waals surface area contributed by atoms with Gasteiger partial charge in [0.2, 0.25) is 0 Å². The van der Waals surface area contributed by atoms with Crippen molar-refractivity contribution in [3.05, 3.63) is 23.0 Å². The maximum Gasteiger partial charge on any atom is 0.270 e. The van der Waals surface area contributed by atoms with E-state index in [4.69, 9.17) is 11.6 Å². The molecule has 1 aromatic rings. The number of nitrogens with one attached hydrogen (secondary N) is 1. The number of hydrogen-bond donors (Lipinski definition) is 1. The molecule has 2 heterocycles. The minimum absolute atomic E-state index is 0.0879. The molecule has 0 spiro atoms. The molecular weight excluding hydrogens is 262 g/mol. The van der Waals surface area contributed by atoms with E-state index in [9.17, 15) is 4.79 Å². The number of piperidine rings is 1. The van der Waals surface area contributed by atoms with E-state index in [2.05, 4.69) is 5.32 Å². The van der Waals surface area contributed by atoms with Gasteiger partial charge in [-0.1, -0.05) is 11.6 Å². The number of carbonyl (C=O) groups excluding carboxylic acids is 1. The summed E-state index contributed by atoms with van der Waals surface area (Å²) in [5, 5.41) is 3.99. The molecule has 1 unspecified atom stereocenters. The van der Waals surface area contributed by atoms with Gasteiger partial charge in [-0.15, -0.1) is 0 Å². The monoisotopic (exact) mass is 283 g/mol. The average Bonchev–Trinajstić information content (AvgIpc) is 2.82. The van der Waals surface area contributed by atoms with Gasteiger partial charge in [-0.2, -0.15) is 0 Å². The van der Waals surface area contributed by atoms with Crippen molar-refractivity contribution in [2.24, 2.45) is 0 Å². The fraction of sp³-hybridized carbons (Fsp3) is 0.643. The summed E-state index contributed by atoms with van der Waals surface area (Å²) >= 11 is 6.02. The molecule has 0 aromatic carbocycles. The van der Waals surface area contributed by atoms with Crippen molar-refractivity contribution in [2.75, 3.05) is 19.6 Å². The molecule has 2 rings (SSSR count). The lowest BCUT2D eigenvalue weighted by Crippen LogP contribution is -2.49. The lowest BCUT2D eigenvalue weighted by atomic mass is 10.1. The summed E-state index contributed by atoms with van der Waals surface area (Å²) in [4.78, 5) is 14.6. The second-order valence-electron chi connectivity index (χ2n) is 4.92. The van der Waals surface area contributed by atoms with Crippen molar-refractivity contribution < 1.29 is 4.79 Å². The quantitative estimate of drug-likeness (QED) is 0.921. The molecular formula is C14H22ClN3O. The van der Waals surface area contributed by atoms with Crippen LogP contribution < -0.4 is 5.32 Å². The largest absolute Gasteiger partial charge is 0.342 e. The van der Waals surface area contributed by atoms with Gasteiger partial charge in [0.25, 0.3) is 5.91 Å². The molecule has 0 saturated carbocycles. The van der Waals surface area contributed by atoms with Gasteiger partial charge in [-0.25, -0.2) is 0 Å². The van der Waals surface area contributed by atoms with Gasteiger partial charge >= 0.3 is 0 Å². The molecule has 1 saturated heterocycles. The molecule has 106 valence electrons. The van der Waals surface area contributed by atoms with Crippen LogP contribution in [0.1, 0.15) is 37.2 Å². The summed E-state index contributed by atoms with van der Waals surface area (Å²) in [7, 11) is 0. The van der Waals surface area contributed by atoms with Crippen molar-refractivity contribution in [3.8, 4) is 0 Å². The minimum Gasteiger partial charge on any atom is -0.342 e. The highest BCUT2D eigenvalue weighted by Crippen LogP contribution is 2.19. The zero-order valence-electron chi connectivity index (χ0n) is 11.7. The number of rotatable bonds is 4. The maximum atomic E-state index is 12.7. The Hall–Kier alpha value is -1.00. The first-order chi connectivity index (χ1) is 9.17. The SMILES string of the molecule is CCN(C(=O)c1cc(Cl)cn1CC)C1CCCNC1. The van der Waals surface area contributed by atoms with Crippen LogP contribution in [0.4, 0.5) is 0 Å². The fourth-order valence-electron chi connectivity index (χ4n) is 2.73. The zero-order chi connectivity index (χ0) is 13.8. The first-order valence-electron chi connectivity index (χ1n) is 7.04. The van der Waals surface area contributed by atoms with Gasteiger partial charge in [0, 0.05) is 31.9 Å². The second kappa shape index (κ2) is 6.44. The third kappa shape index (κ3) is 3.12. The molecule has 1 amide bonds. The van der Waals surface area contributed by atoms with Crippen molar-refractivity contribution in [1.29, 1.82) is 0 Å². The lowest BCUT2D eigenvalue weighted by Gasteiger charge is -2.34. The standard InChI is InChI=1S/C14H22ClN3O/c1-3-17-10-11(15)8-13(17)14(19)18(4-2)12-6-5-7-16-9-12/h8,10,12,16H,3-7,9H2,1-2H3. The number of nitrogens with zero attached hydrogens (tertiary/aromatic N) is 2. The Morgan fingerprint density at radius 3 is 2.95 bits per heavy atom. The lowest BCUT2D eigenvalue weighted by molar-refractivity contribution is 0.0651. The number of amides is 1. The Morgan fingerprint density at radius 2 is 2.37 bits per heavy atom. The summed E-state index contributed by atoms with van der Waals surface area (Å²) in [5.41, 5.74) is 0.694. The number of halogens is 1. The van der Waals surface area contributed by atoms with Crippen molar-refractivity contribution in [2.45, 2.75) is 39.3 Å². The van der Waals surface area contributed by atoms with Gasteiger partial charge in [0.1, 0.15) is 5.69 Å². The molecule has 4 nitrogen and oxygen atoms in total. The summed E-state index contributed by atoms with van der Waals surface area (Å²) in [6, 6.07) is 2.07. The summed E-state index contributed by atoms with van der Waals surface area (Å²) in [6.07, 6.45) is 4.03. The Labute approximate surface area is 119 Å². The van der Waals surface area contributed by atoms with Crippen LogP contribution in [0, 0.1) is 0 Å². The van der Waals surface area contributed by atoms with E-state index < -0.39 is 0 Å². The van der Waals surface area contributed by atoms with Crippen LogP contribution in [0.5, 0.6) is 0 Å². The van der Waals surface area contributed by atoms with Gasteiger partial charge in [0.05, 0.1) is 5.02 Å². The Kier molecular flexibility index (Phi) is 4.88. The van der Waals surface area contributed by atoms with Crippen molar-refractivity contribution >= 4 is 17.5 Å². The molecule has 1 fully saturated rings.